The van der Waals surface area contributed by atoms with E-state index < -0.39 is 5.82 Å². The van der Waals surface area contributed by atoms with Crippen molar-refractivity contribution in [2.24, 2.45) is 0 Å². The minimum absolute atomic E-state index is 0.0715. The zero-order valence-electron chi connectivity index (χ0n) is 14.1. The van der Waals surface area contributed by atoms with Crippen LogP contribution in [0.2, 0.25) is 0 Å². The van der Waals surface area contributed by atoms with Crippen LogP contribution in [0.4, 0.5) is 4.39 Å². The Morgan fingerprint density at radius 1 is 1.33 bits per heavy atom. The highest BCUT2D eigenvalue weighted by Crippen LogP contribution is 2.27. The van der Waals surface area contributed by atoms with Gasteiger partial charge in [0.25, 0.3) is 5.91 Å². The van der Waals surface area contributed by atoms with Gasteiger partial charge in [-0.3, -0.25) is 9.59 Å². The fourth-order valence-electron chi connectivity index (χ4n) is 2.76. The Kier molecular flexibility index (Phi) is 4.36. The zero-order valence-corrected chi connectivity index (χ0v) is 14.9. The third kappa shape index (κ3) is 3.17. The Bertz CT molecular complexity index is 1180. The third-order valence-electron chi connectivity index (χ3n) is 3.97. The Balaban J connectivity index is 1.59. The molecule has 1 aromatic carbocycles. The number of nitrogens with zero attached hydrogens (tertiary/aromatic N) is 3. The van der Waals surface area contributed by atoms with E-state index in [0.29, 0.717) is 22.4 Å². The van der Waals surface area contributed by atoms with Crippen LogP contribution in [-0.4, -0.2) is 31.9 Å². The summed E-state index contributed by atoms with van der Waals surface area (Å²) < 4.78 is 20.9. The molecule has 9 heteroatoms. The normalized spacial score (nSPS) is 11.2. The molecule has 0 saturated heterocycles. The average molecular weight is 384 g/mol. The van der Waals surface area contributed by atoms with E-state index in [1.807, 2.05) is 0 Å². The number of aromatic nitrogens is 3. The summed E-state index contributed by atoms with van der Waals surface area (Å²) >= 11 is 0.976. The van der Waals surface area contributed by atoms with Crippen LogP contribution in [0.3, 0.4) is 0 Å². The lowest BCUT2D eigenvalue weighted by atomic mass is 10.1. The predicted octanol–water partition coefficient (Wildman–Crippen LogP) is 3.05. The third-order valence-corrected chi connectivity index (χ3v) is 4.56. The first-order valence-corrected chi connectivity index (χ1v) is 9.16. The number of imidazole rings is 1. The molecular formula is C18H13FN4O3S. The quantitative estimate of drug-likeness (QED) is 0.582. The van der Waals surface area contributed by atoms with Gasteiger partial charge in [0.1, 0.15) is 22.9 Å². The molecule has 1 amide bonds. The van der Waals surface area contributed by atoms with Gasteiger partial charge in [-0.15, -0.1) is 0 Å². The fourth-order valence-corrected chi connectivity index (χ4v) is 3.13. The highest BCUT2D eigenvalue weighted by atomic mass is 32.2. The maximum absolute atomic E-state index is 13.8. The summed E-state index contributed by atoms with van der Waals surface area (Å²) in [5, 5.41) is 6.98. The number of fused-ring (bicyclic) bond motifs is 2. The monoisotopic (exact) mass is 384 g/mol. The molecule has 0 aliphatic heterocycles. The first-order chi connectivity index (χ1) is 13.1. The molecule has 1 N–H and O–H groups in total. The number of halogens is 1. The van der Waals surface area contributed by atoms with Gasteiger partial charge in [0.05, 0.1) is 18.3 Å². The smallest absolute Gasteiger partial charge is 0.272 e. The minimum Gasteiger partial charge on any atom is -0.458 e. The first-order valence-electron chi connectivity index (χ1n) is 7.94. The van der Waals surface area contributed by atoms with E-state index >= 15 is 0 Å². The Hall–Kier alpha value is -3.20. The number of benzene rings is 1. The van der Waals surface area contributed by atoms with Crippen molar-refractivity contribution in [3.8, 4) is 0 Å². The molecule has 4 aromatic rings. The number of amides is 1. The maximum atomic E-state index is 13.8. The number of rotatable bonds is 4. The molecule has 0 radical (unpaired) electrons. The summed E-state index contributed by atoms with van der Waals surface area (Å²) in [7, 11) is 0. The van der Waals surface area contributed by atoms with Crippen molar-refractivity contribution in [3.05, 3.63) is 65.6 Å². The lowest BCUT2D eigenvalue weighted by Crippen LogP contribution is -2.24. The number of nitrogens with one attached hydrogen (secondary N) is 1. The van der Waals surface area contributed by atoms with Gasteiger partial charge in [-0.2, -0.15) is 5.10 Å². The molecular weight excluding hydrogens is 371 g/mol. The number of furan rings is 1. The van der Waals surface area contributed by atoms with E-state index in [-0.39, 0.29) is 28.8 Å². The van der Waals surface area contributed by atoms with Crippen molar-refractivity contribution < 1.29 is 18.4 Å². The van der Waals surface area contributed by atoms with Gasteiger partial charge in [-0.1, -0.05) is 11.8 Å². The van der Waals surface area contributed by atoms with Crippen molar-refractivity contribution in [1.82, 2.24) is 19.9 Å². The van der Waals surface area contributed by atoms with Crippen LogP contribution < -0.4 is 5.32 Å². The Morgan fingerprint density at radius 3 is 3.00 bits per heavy atom. The lowest BCUT2D eigenvalue weighted by molar-refractivity contribution is 0.0940. The molecule has 0 bridgehead atoms. The molecule has 3 heterocycles. The summed E-state index contributed by atoms with van der Waals surface area (Å²) in [5.74, 6) is -0.498. The van der Waals surface area contributed by atoms with E-state index in [0.717, 1.165) is 17.8 Å². The van der Waals surface area contributed by atoms with E-state index in [1.165, 1.54) is 16.8 Å². The standard InChI is InChI=1S/C18H13FN4O3S/c1-27-18(25)13-7-11(19)5-10-6-12(26-16(10)13)8-21-17(24)14-9-20-15-3-2-4-22-23(14)15/h2-7,9H,8H2,1H3,(H,21,24). The molecule has 0 aliphatic rings. The Morgan fingerprint density at radius 2 is 2.19 bits per heavy atom. The second-order valence-corrected chi connectivity index (χ2v) is 6.47. The van der Waals surface area contributed by atoms with Gasteiger partial charge >= 0.3 is 0 Å². The van der Waals surface area contributed by atoms with Crippen LogP contribution in [0.15, 0.2) is 47.1 Å². The van der Waals surface area contributed by atoms with Gasteiger partial charge in [0.15, 0.2) is 5.65 Å². The predicted molar refractivity (Wildman–Crippen MR) is 98.2 cm³/mol. The number of hydrogen-bond acceptors (Lipinski definition) is 6. The zero-order chi connectivity index (χ0) is 19.0. The second-order valence-electron chi connectivity index (χ2n) is 5.70. The van der Waals surface area contributed by atoms with Crippen molar-refractivity contribution >= 4 is 39.4 Å². The molecule has 27 heavy (non-hydrogen) atoms. The summed E-state index contributed by atoms with van der Waals surface area (Å²) in [6.45, 7) is 0.0715. The van der Waals surface area contributed by atoms with Crippen LogP contribution in [0.25, 0.3) is 16.6 Å². The summed E-state index contributed by atoms with van der Waals surface area (Å²) in [6.07, 6.45) is 4.61. The van der Waals surface area contributed by atoms with Crippen molar-refractivity contribution in [1.29, 1.82) is 0 Å². The van der Waals surface area contributed by atoms with Gasteiger partial charge in [0, 0.05) is 11.6 Å². The topological polar surface area (TPSA) is 89.5 Å². The van der Waals surface area contributed by atoms with Crippen molar-refractivity contribution in [3.63, 3.8) is 0 Å². The number of carbonyl (C=O) groups excluding carboxylic acids is 2. The fraction of sp³-hybridized carbons (Fsp3) is 0.111. The largest absolute Gasteiger partial charge is 0.458 e. The molecule has 0 atom stereocenters. The average Bonchev–Trinajstić information content (AvgIpc) is 3.28. The molecule has 136 valence electrons. The van der Waals surface area contributed by atoms with E-state index in [9.17, 15) is 14.0 Å². The maximum Gasteiger partial charge on any atom is 0.272 e. The van der Waals surface area contributed by atoms with Crippen molar-refractivity contribution in [2.75, 3.05) is 6.26 Å². The lowest BCUT2D eigenvalue weighted by Gasteiger charge is -2.02. The minimum atomic E-state index is -0.520. The number of thioether (sulfide) groups is 1. The molecule has 0 unspecified atom stereocenters. The van der Waals surface area contributed by atoms with Crippen LogP contribution in [-0.2, 0) is 6.54 Å². The number of hydrogen-bond donors (Lipinski definition) is 1. The molecule has 7 nitrogen and oxygen atoms in total. The van der Waals surface area contributed by atoms with Gasteiger partial charge in [-0.05, 0) is 36.6 Å². The van der Waals surface area contributed by atoms with Gasteiger partial charge in [-0.25, -0.2) is 13.9 Å². The SMILES string of the molecule is CSC(=O)c1cc(F)cc2cc(CNC(=O)c3cnc4cccnn34)oc12. The molecule has 0 saturated carbocycles. The highest BCUT2D eigenvalue weighted by Gasteiger charge is 2.17. The first kappa shape index (κ1) is 17.2. The summed E-state index contributed by atoms with van der Waals surface area (Å²) in [4.78, 5) is 28.5. The van der Waals surface area contributed by atoms with E-state index in [2.05, 4.69) is 15.4 Å². The van der Waals surface area contributed by atoms with Crippen LogP contribution >= 0.6 is 11.8 Å². The van der Waals surface area contributed by atoms with E-state index in [4.69, 9.17) is 4.42 Å². The van der Waals surface area contributed by atoms with Crippen LogP contribution in [0.1, 0.15) is 26.6 Å². The molecule has 0 aliphatic carbocycles. The van der Waals surface area contributed by atoms with E-state index in [1.54, 1.807) is 30.7 Å². The molecule has 4 rings (SSSR count). The summed E-state index contributed by atoms with van der Waals surface area (Å²) in [6, 6.07) is 7.50. The molecule has 0 fully saturated rings. The summed E-state index contributed by atoms with van der Waals surface area (Å²) in [5.41, 5.74) is 1.31. The second kappa shape index (κ2) is 6.84. The molecule has 3 aromatic heterocycles. The highest BCUT2D eigenvalue weighted by molar-refractivity contribution is 8.13. The number of carbonyl (C=O) groups is 2. The van der Waals surface area contributed by atoms with Crippen molar-refractivity contribution in [2.45, 2.75) is 6.54 Å². The van der Waals surface area contributed by atoms with Crippen LogP contribution in [0, 0.1) is 5.82 Å². The van der Waals surface area contributed by atoms with Crippen LogP contribution in [0.5, 0.6) is 0 Å². The van der Waals surface area contributed by atoms with Gasteiger partial charge < -0.3 is 9.73 Å². The molecule has 0 spiro atoms. The Labute approximate surface area is 156 Å². The van der Waals surface area contributed by atoms with Gasteiger partial charge in [0.2, 0.25) is 5.12 Å².